The molecule has 1 spiro atoms. The van der Waals surface area contributed by atoms with Gasteiger partial charge in [-0.15, -0.1) is 0 Å². The Hall–Kier alpha value is -2.19. The van der Waals surface area contributed by atoms with Crippen molar-refractivity contribution in [2.24, 2.45) is 11.8 Å². The van der Waals surface area contributed by atoms with Gasteiger partial charge in [0.2, 0.25) is 11.8 Å². The van der Waals surface area contributed by atoms with Gasteiger partial charge >= 0.3 is 0 Å². The van der Waals surface area contributed by atoms with Crippen molar-refractivity contribution in [1.82, 2.24) is 15.4 Å². The van der Waals surface area contributed by atoms with Crippen LogP contribution in [0.4, 0.5) is 5.82 Å². The van der Waals surface area contributed by atoms with Gasteiger partial charge < -0.3 is 19.5 Å². The highest BCUT2D eigenvalue weighted by atomic mass is 16.5. The molecule has 1 N–H and O–H groups in total. The number of hydrogen-bond donors (Lipinski definition) is 1. The van der Waals surface area contributed by atoms with E-state index in [1.165, 1.54) is 0 Å². The van der Waals surface area contributed by atoms with E-state index < -0.39 is 17.4 Å². The van der Waals surface area contributed by atoms with E-state index in [0.717, 1.165) is 13.0 Å². The van der Waals surface area contributed by atoms with Gasteiger partial charge in [0.05, 0.1) is 24.5 Å². The van der Waals surface area contributed by atoms with Crippen LogP contribution in [0, 0.1) is 18.8 Å². The zero-order valence-electron chi connectivity index (χ0n) is 15.3. The largest absolute Gasteiger partial charge is 0.360 e. The number of nitrogens with one attached hydrogen (secondary N) is 1. The van der Waals surface area contributed by atoms with Gasteiger partial charge in [-0.1, -0.05) is 17.3 Å². The zero-order valence-corrected chi connectivity index (χ0v) is 15.3. The number of carbonyl (C=O) groups is 2. The Morgan fingerprint density at radius 2 is 2.31 bits per heavy atom. The van der Waals surface area contributed by atoms with Gasteiger partial charge in [0.15, 0.2) is 5.82 Å². The van der Waals surface area contributed by atoms with Gasteiger partial charge in [-0.3, -0.25) is 14.5 Å². The molecular weight excluding hydrogens is 336 g/mol. The fourth-order valence-corrected chi connectivity index (χ4v) is 4.20. The lowest BCUT2D eigenvalue weighted by Gasteiger charge is -2.23. The van der Waals surface area contributed by atoms with Crippen molar-refractivity contribution < 1.29 is 18.8 Å². The molecule has 2 saturated heterocycles. The molecule has 0 aromatic carbocycles. The summed E-state index contributed by atoms with van der Waals surface area (Å²) in [4.78, 5) is 29.5. The van der Waals surface area contributed by atoms with E-state index in [9.17, 15) is 9.59 Å². The number of amides is 2. The third kappa shape index (κ3) is 2.64. The molecule has 8 heteroatoms. The van der Waals surface area contributed by atoms with Crippen molar-refractivity contribution >= 4 is 17.6 Å². The SMILES string of the molecule is Cc1cc(N2C[C@@]34C=C[C@@H](O3)C(C(=O)NCCCN(C)C)C4C2=O)no1. The second-order valence-electron chi connectivity index (χ2n) is 7.57. The third-order valence-corrected chi connectivity index (χ3v) is 5.38. The minimum absolute atomic E-state index is 0.114. The molecule has 1 aromatic heterocycles. The average Bonchev–Trinajstić information content (AvgIpc) is 3.32. The van der Waals surface area contributed by atoms with Gasteiger partial charge in [0.25, 0.3) is 0 Å². The smallest absolute Gasteiger partial charge is 0.235 e. The summed E-state index contributed by atoms with van der Waals surface area (Å²) in [6.07, 6.45) is 4.37. The molecule has 26 heavy (non-hydrogen) atoms. The molecule has 0 radical (unpaired) electrons. The third-order valence-electron chi connectivity index (χ3n) is 5.38. The second kappa shape index (κ2) is 6.21. The number of rotatable bonds is 6. The normalized spacial score (nSPS) is 31.9. The summed E-state index contributed by atoms with van der Waals surface area (Å²) < 4.78 is 11.2. The highest BCUT2D eigenvalue weighted by Gasteiger charge is 2.67. The topological polar surface area (TPSA) is 87.9 Å². The highest BCUT2D eigenvalue weighted by Crippen LogP contribution is 2.52. The minimum atomic E-state index is -0.736. The molecule has 2 amide bonds. The Morgan fingerprint density at radius 1 is 1.50 bits per heavy atom. The number of hydrogen-bond acceptors (Lipinski definition) is 6. The Balaban J connectivity index is 1.49. The van der Waals surface area contributed by atoms with Crippen molar-refractivity contribution in [2.45, 2.75) is 25.0 Å². The van der Waals surface area contributed by atoms with Crippen molar-refractivity contribution in [3.8, 4) is 0 Å². The van der Waals surface area contributed by atoms with Crippen LogP contribution >= 0.6 is 0 Å². The van der Waals surface area contributed by atoms with Gasteiger partial charge in [-0.2, -0.15) is 0 Å². The van der Waals surface area contributed by atoms with Crippen LogP contribution in [0.1, 0.15) is 12.2 Å². The first kappa shape index (κ1) is 17.2. The molecule has 1 aromatic rings. The summed E-state index contributed by atoms with van der Waals surface area (Å²) in [5, 5.41) is 6.92. The van der Waals surface area contributed by atoms with Gasteiger partial charge in [0, 0.05) is 12.6 Å². The number of anilines is 1. The van der Waals surface area contributed by atoms with Crippen LogP contribution < -0.4 is 10.2 Å². The van der Waals surface area contributed by atoms with Crippen LogP contribution in [0.2, 0.25) is 0 Å². The summed E-state index contributed by atoms with van der Waals surface area (Å²) in [7, 11) is 4.00. The number of fused-ring (bicyclic) bond motifs is 1. The number of aromatic nitrogens is 1. The molecule has 4 atom stereocenters. The molecule has 4 rings (SSSR count). The van der Waals surface area contributed by atoms with Crippen molar-refractivity contribution in [1.29, 1.82) is 0 Å². The van der Waals surface area contributed by atoms with E-state index in [4.69, 9.17) is 9.26 Å². The molecule has 140 valence electrons. The van der Waals surface area contributed by atoms with Crippen molar-refractivity contribution in [3.05, 3.63) is 24.0 Å². The van der Waals surface area contributed by atoms with Crippen LogP contribution in [0.3, 0.4) is 0 Å². The van der Waals surface area contributed by atoms with E-state index in [1.54, 1.807) is 17.9 Å². The van der Waals surface area contributed by atoms with Crippen LogP contribution in [0.5, 0.6) is 0 Å². The summed E-state index contributed by atoms with van der Waals surface area (Å²) in [6, 6.07) is 1.72. The molecule has 8 nitrogen and oxygen atoms in total. The van der Waals surface area contributed by atoms with E-state index >= 15 is 0 Å². The Kier molecular flexibility index (Phi) is 4.11. The van der Waals surface area contributed by atoms with Crippen LogP contribution in [0.15, 0.2) is 22.7 Å². The number of aryl methyl sites for hydroxylation is 1. The Bertz CT molecular complexity index is 758. The standard InChI is InChI=1S/C18H24N4O4/c1-11-9-13(20-26-11)22-10-18-6-5-12(25-18)14(15(18)17(22)24)16(23)19-7-4-8-21(2)3/h5-6,9,12,14-15H,4,7-8,10H2,1-3H3,(H,19,23)/t12-,14?,15?,18-/m1/s1. The van der Waals surface area contributed by atoms with Crippen LogP contribution in [-0.4, -0.2) is 67.3 Å². The summed E-state index contributed by atoms with van der Waals surface area (Å²) >= 11 is 0. The molecule has 0 saturated carbocycles. The fraction of sp³-hybridized carbons (Fsp3) is 0.611. The maximum Gasteiger partial charge on any atom is 0.235 e. The molecule has 3 aliphatic rings. The molecule has 2 unspecified atom stereocenters. The molecule has 2 fully saturated rings. The van der Waals surface area contributed by atoms with Crippen molar-refractivity contribution in [3.63, 3.8) is 0 Å². The predicted octanol–water partition coefficient (Wildman–Crippen LogP) is 0.337. The van der Waals surface area contributed by atoms with E-state index in [-0.39, 0.29) is 17.9 Å². The Labute approximate surface area is 152 Å². The molecule has 2 bridgehead atoms. The highest BCUT2D eigenvalue weighted by molar-refractivity contribution is 6.02. The minimum Gasteiger partial charge on any atom is -0.360 e. The molecule has 0 aliphatic carbocycles. The first-order valence-corrected chi connectivity index (χ1v) is 8.95. The molecule has 3 aliphatic heterocycles. The van der Waals surface area contributed by atoms with E-state index in [0.29, 0.717) is 24.7 Å². The lowest BCUT2D eigenvalue weighted by molar-refractivity contribution is -0.131. The average molecular weight is 360 g/mol. The maximum atomic E-state index is 13.1. The van der Waals surface area contributed by atoms with Gasteiger partial charge in [-0.05, 0) is 34.0 Å². The van der Waals surface area contributed by atoms with Gasteiger partial charge in [0.1, 0.15) is 11.4 Å². The van der Waals surface area contributed by atoms with Crippen LogP contribution in [0.25, 0.3) is 0 Å². The fourth-order valence-electron chi connectivity index (χ4n) is 4.20. The van der Waals surface area contributed by atoms with Gasteiger partial charge in [-0.25, -0.2) is 0 Å². The number of nitrogens with zero attached hydrogens (tertiary/aromatic N) is 3. The van der Waals surface area contributed by atoms with E-state index in [2.05, 4.69) is 15.4 Å². The summed E-state index contributed by atoms with van der Waals surface area (Å²) in [6.45, 7) is 3.63. The number of ether oxygens (including phenoxy) is 1. The summed E-state index contributed by atoms with van der Waals surface area (Å²) in [5.41, 5.74) is -0.736. The van der Waals surface area contributed by atoms with E-state index in [1.807, 2.05) is 26.2 Å². The van der Waals surface area contributed by atoms with Crippen LogP contribution in [-0.2, 0) is 14.3 Å². The van der Waals surface area contributed by atoms with Crippen molar-refractivity contribution in [2.75, 3.05) is 38.6 Å². The Morgan fingerprint density at radius 3 is 3.00 bits per heavy atom. The predicted molar refractivity (Wildman–Crippen MR) is 93.5 cm³/mol. The molecule has 4 heterocycles. The zero-order chi connectivity index (χ0) is 18.5. The quantitative estimate of drug-likeness (QED) is 0.581. The lowest BCUT2D eigenvalue weighted by Crippen LogP contribution is -2.44. The summed E-state index contributed by atoms with van der Waals surface area (Å²) in [5.74, 6) is -0.136. The second-order valence-corrected chi connectivity index (χ2v) is 7.57. The number of carbonyl (C=O) groups excluding carboxylic acids is 2. The maximum absolute atomic E-state index is 13.1. The first-order valence-electron chi connectivity index (χ1n) is 8.95. The molecular formula is C18H24N4O4. The monoisotopic (exact) mass is 360 g/mol. The lowest BCUT2D eigenvalue weighted by atomic mass is 9.77. The first-order chi connectivity index (χ1) is 12.4.